The predicted molar refractivity (Wildman–Crippen MR) is 89.8 cm³/mol. The molecular formula is C19H23N3. The summed E-state index contributed by atoms with van der Waals surface area (Å²) in [6.45, 7) is 2.27. The van der Waals surface area contributed by atoms with Crippen LogP contribution in [-0.2, 0) is 13.1 Å². The van der Waals surface area contributed by atoms with Gasteiger partial charge in [0.1, 0.15) is 0 Å². The smallest absolute Gasteiger partial charge is 0.0622 e. The zero-order valence-electron chi connectivity index (χ0n) is 12.9. The van der Waals surface area contributed by atoms with Gasteiger partial charge < -0.3 is 5.73 Å². The second kappa shape index (κ2) is 8.99. The van der Waals surface area contributed by atoms with Gasteiger partial charge >= 0.3 is 0 Å². The first-order valence-corrected chi connectivity index (χ1v) is 7.72. The predicted octanol–water partition coefficient (Wildman–Crippen LogP) is 3.32. The average Bonchev–Trinajstić information content (AvgIpc) is 2.57. The van der Waals surface area contributed by atoms with Crippen LogP contribution in [0.15, 0.2) is 60.7 Å². The molecule has 0 saturated heterocycles. The van der Waals surface area contributed by atoms with Gasteiger partial charge in [-0.3, -0.25) is 4.90 Å². The third kappa shape index (κ3) is 5.00. The van der Waals surface area contributed by atoms with E-state index in [2.05, 4.69) is 59.5 Å². The zero-order valence-corrected chi connectivity index (χ0v) is 12.9. The van der Waals surface area contributed by atoms with Crippen LogP contribution in [0.2, 0.25) is 0 Å². The lowest BCUT2D eigenvalue weighted by Crippen LogP contribution is -2.39. The molecule has 2 aromatic carbocycles. The molecule has 0 bridgehead atoms. The average molecular weight is 293 g/mol. The quantitative estimate of drug-likeness (QED) is 0.812. The van der Waals surface area contributed by atoms with Crippen molar-refractivity contribution in [3.05, 3.63) is 71.8 Å². The SMILES string of the molecule is N#CCCC(CN)N(Cc1ccccc1)Cc1ccccc1. The van der Waals surface area contributed by atoms with E-state index >= 15 is 0 Å². The van der Waals surface area contributed by atoms with Gasteiger partial charge in [0.15, 0.2) is 0 Å². The van der Waals surface area contributed by atoms with E-state index in [1.807, 2.05) is 12.1 Å². The zero-order chi connectivity index (χ0) is 15.6. The molecule has 0 amide bonds. The number of hydrogen-bond acceptors (Lipinski definition) is 3. The summed E-state index contributed by atoms with van der Waals surface area (Å²) in [5.41, 5.74) is 8.51. The lowest BCUT2D eigenvalue weighted by molar-refractivity contribution is 0.174. The summed E-state index contributed by atoms with van der Waals surface area (Å²) in [5, 5.41) is 8.86. The Labute approximate surface area is 133 Å². The van der Waals surface area contributed by atoms with E-state index in [1.165, 1.54) is 11.1 Å². The number of nitrogens with zero attached hydrogens (tertiary/aromatic N) is 2. The molecular weight excluding hydrogens is 270 g/mol. The van der Waals surface area contributed by atoms with Crippen molar-refractivity contribution < 1.29 is 0 Å². The molecule has 0 aliphatic carbocycles. The van der Waals surface area contributed by atoms with Crippen LogP contribution < -0.4 is 5.73 Å². The highest BCUT2D eigenvalue weighted by atomic mass is 15.2. The molecule has 2 N–H and O–H groups in total. The van der Waals surface area contributed by atoms with Gasteiger partial charge in [-0.25, -0.2) is 0 Å². The van der Waals surface area contributed by atoms with Crippen molar-refractivity contribution in [2.24, 2.45) is 5.73 Å². The summed E-state index contributed by atoms with van der Waals surface area (Å²) < 4.78 is 0. The topological polar surface area (TPSA) is 53.1 Å². The van der Waals surface area contributed by atoms with E-state index < -0.39 is 0 Å². The first-order chi connectivity index (χ1) is 10.8. The molecule has 0 aromatic heterocycles. The van der Waals surface area contributed by atoms with Crippen molar-refractivity contribution in [1.82, 2.24) is 4.90 Å². The highest BCUT2D eigenvalue weighted by Gasteiger charge is 2.17. The first kappa shape index (κ1) is 16.2. The molecule has 1 atom stereocenters. The Balaban J connectivity index is 2.13. The molecule has 114 valence electrons. The Hall–Kier alpha value is -2.15. The number of hydrogen-bond donors (Lipinski definition) is 1. The summed E-state index contributed by atoms with van der Waals surface area (Å²) in [6.07, 6.45) is 1.36. The minimum absolute atomic E-state index is 0.222. The van der Waals surface area contributed by atoms with Gasteiger partial charge in [-0.05, 0) is 17.5 Å². The van der Waals surface area contributed by atoms with Crippen LogP contribution in [0, 0.1) is 11.3 Å². The van der Waals surface area contributed by atoms with Crippen LogP contribution in [-0.4, -0.2) is 17.5 Å². The van der Waals surface area contributed by atoms with E-state index in [1.54, 1.807) is 0 Å². The lowest BCUT2D eigenvalue weighted by atomic mass is 10.1. The number of benzene rings is 2. The summed E-state index contributed by atoms with van der Waals surface area (Å²) in [6, 6.07) is 23.3. The molecule has 22 heavy (non-hydrogen) atoms. The van der Waals surface area contributed by atoms with Crippen LogP contribution in [0.4, 0.5) is 0 Å². The van der Waals surface area contributed by atoms with Crippen LogP contribution >= 0.6 is 0 Å². The van der Waals surface area contributed by atoms with E-state index in [-0.39, 0.29) is 6.04 Å². The van der Waals surface area contributed by atoms with Crippen LogP contribution in [0.1, 0.15) is 24.0 Å². The molecule has 2 rings (SSSR count). The van der Waals surface area contributed by atoms with E-state index in [0.717, 1.165) is 19.5 Å². The highest BCUT2D eigenvalue weighted by Crippen LogP contribution is 2.16. The van der Waals surface area contributed by atoms with E-state index in [4.69, 9.17) is 11.0 Å². The fourth-order valence-electron chi connectivity index (χ4n) is 2.63. The molecule has 0 radical (unpaired) electrons. The Morgan fingerprint density at radius 1 is 0.909 bits per heavy atom. The summed E-state index contributed by atoms with van der Waals surface area (Å²) >= 11 is 0. The van der Waals surface area contributed by atoms with Crippen molar-refractivity contribution >= 4 is 0 Å². The minimum Gasteiger partial charge on any atom is -0.329 e. The van der Waals surface area contributed by atoms with E-state index in [0.29, 0.717) is 13.0 Å². The van der Waals surface area contributed by atoms with Gasteiger partial charge in [-0.15, -0.1) is 0 Å². The van der Waals surface area contributed by atoms with Crippen molar-refractivity contribution in [2.75, 3.05) is 6.54 Å². The molecule has 0 fully saturated rings. The van der Waals surface area contributed by atoms with Gasteiger partial charge in [0.2, 0.25) is 0 Å². The third-order valence-electron chi connectivity index (χ3n) is 3.83. The lowest BCUT2D eigenvalue weighted by Gasteiger charge is -2.31. The van der Waals surface area contributed by atoms with Crippen LogP contribution in [0.3, 0.4) is 0 Å². The van der Waals surface area contributed by atoms with Gasteiger partial charge in [-0.2, -0.15) is 5.26 Å². The maximum Gasteiger partial charge on any atom is 0.0622 e. The summed E-state index contributed by atoms with van der Waals surface area (Å²) in [5.74, 6) is 0. The van der Waals surface area contributed by atoms with Crippen molar-refractivity contribution in [1.29, 1.82) is 5.26 Å². The fraction of sp³-hybridized carbons (Fsp3) is 0.316. The minimum atomic E-state index is 0.222. The van der Waals surface area contributed by atoms with Crippen LogP contribution in [0.25, 0.3) is 0 Å². The van der Waals surface area contributed by atoms with Crippen molar-refractivity contribution in [3.63, 3.8) is 0 Å². The third-order valence-corrected chi connectivity index (χ3v) is 3.83. The maximum absolute atomic E-state index is 8.86. The number of nitriles is 1. The molecule has 0 spiro atoms. The van der Waals surface area contributed by atoms with Gasteiger partial charge in [0, 0.05) is 32.1 Å². The second-order valence-electron chi connectivity index (χ2n) is 5.46. The molecule has 1 unspecified atom stereocenters. The van der Waals surface area contributed by atoms with E-state index in [9.17, 15) is 0 Å². The number of nitrogens with two attached hydrogens (primary N) is 1. The Kier molecular flexibility index (Phi) is 6.63. The van der Waals surface area contributed by atoms with Gasteiger partial charge in [-0.1, -0.05) is 60.7 Å². The maximum atomic E-state index is 8.86. The monoisotopic (exact) mass is 293 g/mol. The largest absolute Gasteiger partial charge is 0.329 e. The molecule has 0 aliphatic heterocycles. The second-order valence-corrected chi connectivity index (χ2v) is 5.46. The molecule has 3 heteroatoms. The molecule has 2 aromatic rings. The molecule has 3 nitrogen and oxygen atoms in total. The molecule has 0 saturated carbocycles. The fourth-order valence-corrected chi connectivity index (χ4v) is 2.63. The number of rotatable bonds is 8. The summed E-state index contributed by atoms with van der Waals surface area (Å²) in [7, 11) is 0. The normalized spacial score (nSPS) is 12.0. The molecule has 0 aliphatic rings. The Morgan fingerprint density at radius 3 is 1.82 bits per heavy atom. The highest BCUT2D eigenvalue weighted by molar-refractivity contribution is 5.17. The Morgan fingerprint density at radius 2 is 1.41 bits per heavy atom. The first-order valence-electron chi connectivity index (χ1n) is 7.72. The summed E-state index contributed by atoms with van der Waals surface area (Å²) in [4.78, 5) is 2.38. The van der Waals surface area contributed by atoms with Crippen molar-refractivity contribution in [2.45, 2.75) is 32.0 Å². The van der Waals surface area contributed by atoms with Gasteiger partial charge in [0.25, 0.3) is 0 Å². The van der Waals surface area contributed by atoms with Gasteiger partial charge in [0.05, 0.1) is 6.07 Å². The Bertz CT molecular complexity index is 533. The van der Waals surface area contributed by atoms with Crippen molar-refractivity contribution in [3.8, 4) is 6.07 Å². The van der Waals surface area contributed by atoms with Crippen LogP contribution in [0.5, 0.6) is 0 Å². The standard InChI is InChI=1S/C19H23N3/c20-13-7-12-19(14-21)22(15-17-8-3-1-4-9-17)16-18-10-5-2-6-11-18/h1-6,8-11,19H,7,12,14-16,21H2. The molecule has 0 heterocycles.